The van der Waals surface area contributed by atoms with Crippen LogP contribution in [0.3, 0.4) is 0 Å². The molecule has 0 bridgehead atoms. The summed E-state index contributed by atoms with van der Waals surface area (Å²) in [7, 11) is 3.42. The molecule has 0 saturated heterocycles. The quantitative estimate of drug-likeness (QED) is 0.601. The van der Waals surface area contributed by atoms with Crippen LogP contribution in [0.4, 0.5) is 4.39 Å². The van der Waals surface area contributed by atoms with Gasteiger partial charge in [0.05, 0.1) is 12.8 Å². The van der Waals surface area contributed by atoms with Gasteiger partial charge < -0.3 is 10.1 Å². The number of aryl methyl sites for hydroxylation is 2. The summed E-state index contributed by atoms with van der Waals surface area (Å²) in [6.45, 7) is 0.595. The first-order valence-corrected chi connectivity index (χ1v) is 9.28. The van der Waals surface area contributed by atoms with E-state index in [-0.39, 0.29) is 11.7 Å². The third kappa shape index (κ3) is 4.97. The first-order valence-electron chi connectivity index (χ1n) is 9.28. The van der Waals surface area contributed by atoms with Gasteiger partial charge in [0.1, 0.15) is 11.6 Å². The molecule has 28 heavy (non-hydrogen) atoms. The van der Waals surface area contributed by atoms with Gasteiger partial charge in [0, 0.05) is 13.6 Å². The second-order valence-corrected chi connectivity index (χ2v) is 6.61. The normalized spacial score (nSPS) is 10.7. The van der Waals surface area contributed by atoms with E-state index in [9.17, 15) is 9.18 Å². The molecule has 5 nitrogen and oxygen atoms in total. The Morgan fingerprint density at radius 2 is 1.82 bits per heavy atom. The zero-order valence-electron chi connectivity index (χ0n) is 16.1. The van der Waals surface area contributed by atoms with E-state index in [1.54, 1.807) is 37.0 Å². The topological polar surface area (TPSA) is 56.1 Å². The lowest BCUT2D eigenvalue weighted by Crippen LogP contribution is -2.25. The van der Waals surface area contributed by atoms with Crippen LogP contribution in [0.5, 0.6) is 5.75 Å². The van der Waals surface area contributed by atoms with Crippen LogP contribution in [-0.2, 0) is 13.5 Å². The fraction of sp³-hybridized carbons (Fsp3) is 0.273. The van der Waals surface area contributed by atoms with Gasteiger partial charge in [-0.05, 0) is 72.9 Å². The number of nitrogens with zero attached hydrogens (tertiary/aromatic N) is 2. The third-order valence-electron chi connectivity index (χ3n) is 4.59. The molecule has 3 rings (SSSR count). The largest absolute Gasteiger partial charge is 0.497 e. The number of ether oxygens (including phenoxy) is 1. The van der Waals surface area contributed by atoms with Crippen LogP contribution in [0.15, 0.2) is 54.6 Å². The summed E-state index contributed by atoms with van der Waals surface area (Å²) in [4.78, 5) is 12.3. The molecular formula is C22H24FN3O2. The third-order valence-corrected chi connectivity index (χ3v) is 4.59. The zero-order chi connectivity index (χ0) is 19.9. The van der Waals surface area contributed by atoms with Crippen LogP contribution >= 0.6 is 0 Å². The number of benzene rings is 2. The number of unbranched alkanes of at least 4 members (excludes halogenated alkanes) is 1. The molecule has 0 aliphatic heterocycles. The number of rotatable bonds is 8. The average molecular weight is 381 g/mol. The Hall–Kier alpha value is -3.15. The van der Waals surface area contributed by atoms with E-state index in [1.807, 2.05) is 12.1 Å². The molecule has 1 heterocycles. The Bertz CT molecular complexity index is 918. The van der Waals surface area contributed by atoms with Crippen molar-refractivity contribution in [3.8, 4) is 17.0 Å². The number of amides is 1. The molecule has 2 aromatic carbocycles. The van der Waals surface area contributed by atoms with Crippen molar-refractivity contribution in [2.24, 2.45) is 7.05 Å². The van der Waals surface area contributed by atoms with E-state index in [0.29, 0.717) is 12.2 Å². The standard InChI is InChI=1S/C22H24FN3O2/c1-26-21(17-8-10-18(23)11-9-17)15-20(25-26)22(27)24-14-4-3-5-16-6-12-19(28-2)13-7-16/h6-13,15H,3-5,14H2,1-2H3,(H,24,27). The molecule has 0 radical (unpaired) electrons. The fourth-order valence-corrected chi connectivity index (χ4v) is 3.01. The maximum absolute atomic E-state index is 13.1. The van der Waals surface area contributed by atoms with Gasteiger partial charge in [-0.3, -0.25) is 9.48 Å². The van der Waals surface area contributed by atoms with Gasteiger partial charge in [-0.2, -0.15) is 5.10 Å². The molecule has 6 heteroatoms. The molecule has 1 amide bonds. The van der Waals surface area contributed by atoms with Crippen molar-refractivity contribution in [2.75, 3.05) is 13.7 Å². The lowest BCUT2D eigenvalue weighted by Gasteiger charge is -2.05. The molecule has 3 aromatic rings. The number of hydrogen-bond acceptors (Lipinski definition) is 3. The van der Waals surface area contributed by atoms with Gasteiger partial charge in [-0.1, -0.05) is 12.1 Å². The monoisotopic (exact) mass is 381 g/mol. The maximum atomic E-state index is 13.1. The van der Waals surface area contributed by atoms with Crippen LogP contribution in [0.25, 0.3) is 11.3 Å². The molecule has 0 fully saturated rings. The first kappa shape index (κ1) is 19.6. The highest BCUT2D eigenvalue weighted by atomic mass is 19.1. The van der Waals surface area contributed by atoms with Gasteiger partial charge in [0.15, 0.2) is 5.69 Å². The van der Waals surface area contributed by atoms with Gasteiger partial charge in [-0.15, -0.1) is 0 Å². The smallest absolute Gasteiger partial charge is 0.271 e. The van der Waals surface area contributed by atoms with Crippen LogP contribution < -0.4 is 10.1 Å². The van der Waals surface area contributed by atoms with Gasteiger partial charge in [-0.25, -0.2) is 4.39 Å². The SMILES string of the molecule is COc1ccc(CCCCNC(=O)c2cc(-c3ccc(F)cc3)n(C)n2)cc1. The van der Waals surface area contributed by atoms with Gasteiger partial charge in [0.25, 0.3) is 5.91 Å². The van der Waals surface area contributed by atoms with E-state index < -0.39 is 0 Å². The summed E-state index contributed by atoms with van der Waals surface area (Å²) in [6, 6.07) is 15.9. The number of carbonyl (C=O) groups excluding carboxylic acids is 1. The predicted octanol–water partition coefficient (Wildman–Crippen LogP) is 3.99. The van der Waals surface area contributed by atoms with Crippen LogP contribution in [-0.4, -0.2) is 29.3 Å². The predicted molar refractivity (Wildman–Crippen MR) is 107 cm³/mol. The van der Waals surface area contributed by atoms with Crippen molar-refractivity contribution in [1.29, 1.82) is 0 Å². The van der Waals surface area contributed by atoms with Crippen molar-refractivity contribution in [3.63, 3.8) is 0 Å². The summed E-state index contributed by atoms with van der Waals surface area (Å²) in [6.07, 6.45) is 2.82. The van der Waals surface area contributed by atoms with Crippen molar-refractivity contribution in [3.05, 3.63) is 71.7 Å². The minimum Gasteiger partial charge on any atom is -0.497 e. The lowest BCUT2D eigenvalue weighted by molar-refractivity contribution is 0.0947. The van der Waals surface area contributed by atoms with Crippen molar-refractivity contribution < 1.29 is 13.9 Å². The number of hydrogen-bond donors (Lipinski definition) is 1. The Morgan fingerprint density at radius 1 is 1.11 bits per heavy atom. The Kier molecular flexibility index (Phi) is 6.42. The van der Waals surface area contributed by atoms with Crippen molar-refractivity contribution >= 4 is 5.91 Å². The van der Waals surface area contributed by atoms with Crippen LogP contribution in [0, 0.1) is 5.82 Å². The van der Waals surface area contributed by atoms with Gasteiger partial charge >= 0.3 is 0 Å². The molecule has 0 aliphatic rings. The average Bonchev–Trinajstić information content (AvgIpc) is 3.10. The zero-order valence-corrected chi connectivity index (χ0v) is 16.1. The Labute approximate surface area is 164 Å². The second kappa shape index (κ2) is 9.17. The number of aromatic nitrogens is 2. The first-order chi connectivity index (χ1) is 13.6. The molecule has 0 spiro atoms. The fourth-order valence-electron chi connectivity index (χ4n) is 3.01. The molecule has 1 N–H and O–H groups in total. The highest BCUT2D eigenvalue weighted by molar-refractivity contribution is 5.93. The molecule has 1 aromatic heterocycles. The minimum absolute atomic E-state index is 0.201. The summed E-state index contributed by atoms with van der Waals surface area (Å²) < 4.78 is 19.9. The van der Waals surface area contributed by atoms with Crippen molar-refractivity contribution in [1.82, 2.24) is 15.1 Å². The van der Waals surface area contributed by atoms with Crippen LogP contribution in [0.2, 0.25) is 0 Å². The molecule has 0 unspecified atom stereocenters. The van der Waals surface area contributed by atoms with Crippen LogP contribution in [0.1, 0.15) is 28.9 Å². The lowest BCUT2D eigenvalue weighted by atomic mass is 10.1. The number of carbonyl (C=O) groups is 1. The summed E-state index contributed by atoms with van der Waals surface area (Å²) in [5.41, 5.74) is 3.19. The second-order valence-electron chi connectivity index (χ2n) is 6.61. The van der Waals surface area contributed by atoms with E-state index in [0.717, 1.165) is 36.3 Å². The molecule has 146 valence electrons. The minimum atomic E-state index is -0.293. The van der Waals surface area contributed by atoms with E-state index in [1.165, 1.54) is 17.7 Å². The molecular weight excluding hydrogens is 357 g/mol. The highest BCUT2D eigenvalue weighted by Crippen LogP contribution is 2.20. The number of methoxy groups -OCH3 is 1. The Morgan fingerprint density at radius 3 is 2.50 bits per heavy atom. The molecule has 0 aliphatic carbocycles. The molecule has 0 saturated carbocycles. The highest BCUT2D eigenvalue weighted by Gasteiger charge is 2.13. The number of nitrogens with one attached hydrogen (secondary N) is 1. The van der Waals surface area contributed by atoms with E-state index in [4.69, 9.17) is 4.74 Å². The van der Waals surface area contributed by atoms with E-state index in [2.05, 4.69) is 22.5 Å². The number of halogens is 1. The summed E-state index contributed by atoms with van der Waals surface area (Å²) >= 11 is 0. The van der Waals surface area contributed by atoms with E-state index >= 15 is 0 Å². The summed E-state index contributed by atoms with van der Waals surface area (Å²) in [5, 5.41) is 7.18. The van der Waals surface area contributed by atoms with Gasteiger partial charge in [0.2, 0.25) is 0 Å². The maximum Gasteiger partial charge on any atom is 0.271 e. The summed E-state index contributed by atoms with van der Waals surface area (Å²) in [5.74, 6) is 0.360. The van der Waals surface area contributed by atoms with Crippen molar-refractivity contribution in [2.45, 2.75) is 19.3 Å². The molecule has 0 atom stereocenters. The Balaban J connectivity index is 1.47.